The third kappa shape index (κ3) is 4.48. The summed E-state index contributed by atoms with van der Waals surface area (Å²) in [5.41, 5.74) is -0.356. The van der Waals surface area contributed by atoms with E-state index in [-0.39, 0.29) is 35.8 Å². The molecule has 2 atom stereocenters. The van der Waals surface area contributed by atoms with Gasteiger partial charge in [-0.05, 0) is 18.9 Å². The van der Waals surface area contributed by atoms with Gasteiger partial charge >= 0.3 is 12.2 Å². The van der Waals surface area contributed by atoms with Crippen LogP contribution in [0.5, 0.6) is 0 Å². The SMILES string of the molecule is O=C(NCC1CCC(C(F)(F)F)O1)Nc1cccc([N+](=O)[O-])c1Cl. The average molecular weight is 368 g/mol. The molecule has 7 nitrogen and oxygen atoms in total. The molecule has 0 radical (unpaired) electrons. The molecule has 0 spiro atoms. The predicted molar refractivity (Wildman–Crippen MR) is 79.1 cm³/mol. The summed E-state index contributed by atoms with van der Waals surface area (Å²) in [6, 6.07) is 3.13. The molecule has 1 aromatic carbocycles. The lowest BCUT2D eigenvalue weighted by Crippen LogP contribution is -2.36. The third-order valence-corrected chi connectivity index (χ3v) is 3.78. The number of nitrogens with zero attached hydrogens (tertiary/aromatic N) is 1. The number of ether oxygens (including phenoxy) is 1. The number of anilines is 1. The van der Waals surface area contributed by atoms with Gasteiger partial charge in [-0.25, -0.2) is 4.79 Å². The quantitative estimate of drug-likeness (QED) is 0.629. The second-order valence-electron chi connectivity index (χ2n) is 5.10. The van der Waals surface area contributed by atoms with Crippen LogP contribution in [0.4, 0.5) is 29.3 Å². The average Bonchev–Trinajstić information content (AvgIpc) is 2.96. The van der Waals surface area contributed by atoms with Gasteiger partial charge in [0.2, 0.25) is 0 Å². The lowest BCUT2D eigenvalue weighted by atomic mass is 10.2. The fraction of sp³-hybridized carbons (Fsp3) is 0.462. The van der Waals surface area contributed by atoms with E-state index in [1.807, 2.05) is 0 Å². The molecule has 24 heavy (non-hydrogen) atoms. The lowest BCUT2D eigenvalue weighted by molar-refractivity contribution is -0.384. The molecule has 1 aliphatic rings. The van der Waals surface area contributed by atoms with Crippen molar-refractivity contribution in [2.75, 3.05) is 11.9 Å². The van der Waals surface area contributed by atoms with Gasteiger partial charge in [-0.15, -0.1) is 0 Å². The maximum atomic E-state index is 12.5. The Morgan fingerprint density at radius 1 is 1.42 bits per heavy atom. The van der Waals surface area contributed by atoms with Crippen molar-refractivity contribution >= 4 is 29.0 Å². The molecule has 1 fully saturated rings. The van der Waals surface area contributed by atoms with Gasteiger partial charge in [-0.3, -0.25) is 10.1 Å². The Labute approximate surface area is 139 Å². The molecule has 0 saturated carbocycles. The summed E-state index contributed by atoms with van der Waals surface area (Å²) < 4.78 is 42.2. The van der Waals surface area contributed by atoms with Gasteiger partial charge in [0.25, 0.3) is 5.69 Å². The molecule has 0 aliphatic carbocycles. The Kier molecular flexibility index (Phi) is 5.50. The Morgan fingerprint density at radius 2 is 2.12 bits per heavy atom. The van der Waals surface area contributed by atoms with Crippen molar-refractivity contribution < 1.29 is 27.6 Å². The number of hydrogen-bond acceptors (Lipinski definition) is 4. The van der Waals surface area contributed by atoms with Crippen molar-refractivity contribution in [2.24, 2.45) is 0 Å². The number of alkyl halides is 3. The van der Waals surface area contributed by atoms with Crippen LogP contribution >= 0.6 is 11.6 Å². The Morgan fingerprint density at radius 3 is 2.71 bits per heavy atom. The van der Waals surface area contributed by atoms with Crippen LogP contribution in [0.2, 0.25) is 5.02 Å². The molecule has 132 valence electrons. The normalized spacial score (nSPS) is 20.7. The fourth-order valence-electron chi connectivity index (χ4n) is 2.23. The molecule has 2 amide bonds. The van der Waals surface area contributed by atoms with Crippen molar-refractivity contribution in [1.29, 1.82) is 0 Å². The van der Waals surface area contributed by atoms with E-state index in [1.165, 1.54) is 18.2 Å². The fourth-order valence-corrected chi connectivity index (χ4v) is 2.47. The zero-order chi connectivity index (χ0) is 17.9. The van der Waals surface area contributed by atoms with Crippen LogP contribution in [0.25, 0.3) is 0 Å². The van der Waals surface area contributed by atoms with Crippen molar-refractivity contribution in [3.05, 3.63) is 33.3 Å². The first-order chi connectivity index (χ1) is 11.2. The highest BCUT2D eigenvalue weighted by Crippen LogP contribution is 2.33. The van der Waals surface area contributed by atoms with Gasteiger partial charge in [0.05, 0.1) is 16.7 Å². The van der Waals surface area contributed by atoms with E-state index >= 15 is 0 Å². The zero-order valence-electron chi connectivity index (χ0n) is 12.1. The van der Waals surface area contributed by atoms with Crippen LogP contribution in [-0.2, 0) is 4.74 Å². The first-order valence-electron chi connectivity index (χ1n) is 6.88. The summed E-state index contributed by atoms with van der Waals surface area (Å²) in [6.07, 6.45) is -6.98. The Balaban J connectivity index is 1.87. The Hall–Kier alpha value is -2.07. The number of amides is 2. The lowest BCUT2D eigenvalue weighted by Gasteiger charge is -2.17. The smallest absolute Gasteiger partial charge is 0.364 e. The standard InChI is InChI=1S/C13H13ClF3N3O4/c14-11-8(2-1-3-9(11)20(22)23)19-12(21)18-6-7-4-5-10(24-7)13(15,16)17/h1-3,7,10H,4-6H2,(H2,18,19,21). The number of urea groups is 1. The molecule has 2 rings (SSSR count). The maximum absolute atomic E-state index is 12.5. The van der Waals surface area contributed by atoms with Crippen LogP contribution in [0.3, 0.4) is 0 Å². The predicted octanol–water partition coefficient (Wildman–Crippen LogP) is 3.48. The Bertz CT molecular complexity index is 641. The topological polar surface area (TPSA) is 93.5 Å². The molecule has 0 bridgehead atoms. The van der Waals surface area contributed by atoms with Gasteiger partial charge in [-0.1, -0.05) is 17.7 Å². The highest BCUT2D eigenvalue weighted by Gasteiger charge is 2.45. The summed E-state index contributed by atoms with van der Waals surface area (Å²) in [6.45, 7) is -0.120. The summed E-state index contributed by atoms with van der Waals surface area (Å²) in [7, 11) is 0. The van der Waals surface area contributed by atoms with E-state index in [1.54, 1.807) is 0 Å². The molecule has 0 aromatic heterocycles. The largest absolute Gasteiger partial charge is 0.414 e. The van der Waals surface area contributed by atoms with E-state index in [2.05, 4.69) is 10.6 Å². The second kappa shape index (κ2) is 7.22. The number of nitro groups is 1. The molecular weight excluding hydrogens is 355 g/mol. The number of nitrogens with one attached hydrogen (secondary N) is 2. The van der Waals surface area contributed by atoms with Crippen LogP contribution in [-0.4, -0.2) is 35.9 Å². The number of benzene rings is 1. The minimum Gasteiger partial charge on any atom is -0.364 e. The molecular formula is C13H13ClF3N3O4. The van der Waals surface area contributed by atoms with Crippen LogP contribution < -0.4 is 10.6 Å². The van der Waals surface area contributed by atoms with Crippen LogP contribution in [0.15, 0.2) is 18.2 Å². The zero-order valence-corrected chi connectivity index (χ0v) is 12.9. The summed E-state index contributed by atoms with van der Waals surface area (Å²) in [5.74, 6) is 0. The monoisotopic (exact) mass is 367 g/mol. The number of nitro benzene ring substituents is 1. The van der Waals surface area contributed by atoms with Crippen molar-refractivity contribution in [3.63, 3.8) is 0 Å². The van der Waals surface area contributed by atoms with E-state index in [9.17, 15) is 28.1 Å². The van der Waals surface area contributed by atoms with Gasteiger partial charge in [0.1, 0.15) is 5.02 Å². The van der Waals surface area contributed by atoms with E-state index < -0.39 is 29.3 Å². The van der Waals surface area contributed by atoms with E-state index in [0.717, 1.165) is 0 Å². The first-order valence-corrected chi connectivity index (χ1v) is 7.26. The summed E-state index contributed by atoms with van der Waals surface area (Å²) >= 11 is 5.81. The second-order valence-corrected chi connectivity index (χ2v) is 5.47. The van der Waals surface area contributed by atoms with Gasteiger partial charge in [0.15, 0.2) is 6.10 Å². The molecule has 1 aliphatic heterocycles. The van der Waals surface area contributed by atoms with Crippen LogP contribution in [0, 0.1) is 10.1 Å². The van der Waals surface area contributed by atoms with Crippen LogP contribution in [0.1, 0.15) is 12.8 Å². The molecule has 1 heterocycles. The summed E-state index contributed by atoms with van der Waals surface area (Å²) in [5, 5.41) is 15.2. The molecule has 1 aromatic rings. The number of rotatable bonds is 4. The number of carbonyl (C=O) groups is 1. The van der Waals surface area contributed by atoms with Crippen molar-refractivity contribution in [2.45, 2.75) is 31.2 Å². The van der Waals surface area contributed by atoms with Gasteiger partial charge in [0, 0.05) is 12.6 Å². The van der Waals surface area contributed by atoms with E-state index in [0.29, 0.717) is 0 Å². The highest BCUT2D eigenvalue weighted by atomic mass is 35.5. The first kappa shape index (κ1) is 18.3. The number of carbonyl (C=O) groups excluding carboxylic acids is 1. The molecule has 2 N–H and O–H groups in total. The number of hydrogen-bond donors (Lipinski definition) is 2. The van der Waals surface area contributed by atoms with E-state index in [4.69, 9.17) is 16.3 Å². The van der Waals surface area contributed by atoms with Gasteiger partial charge < -0.3 is 15.4 Å². The minimum atomic E-state index is -4.42. The summed E-state index contributed by atoms with van der Waals surface area (Å²) in [4.78, 5) is 21.8. The van der Waals surface area contributed by atoms with Gasteiger partial charge in [-0.2, -0.15) is 13.2 Å². The molecule has 2 unspecified atom stereocenters. The maximum Gasteiger partial charge on any atom is 0.414 e. The number of halogens is 4. The minimum absolute atomic E-state index is 0.0175. The molecule has 11 heteroatoms. The highest BCUT2D eigenvalue weighted by molar-refractivity contribution is 6.35. The molecule has 1 saturated heterocycles. The van der Waals surface area contributed by atoms with Crippen molar-refractivity contribution in [3.8, 4) is 0 Å². The third-order valence-electron chi connectivity index (χ3n) is 3.39. The van der Waals surface area contributed by atoms with Crippen molar-refractivity contribution in [1.82, 2.24) is 5.32 Å².